The Bertz CT molecular complexity index is 1430. The minimum Gasteiger partial charge on any atom is -0.350 e. The Balaban J connectivity index is 1.54. The number of aromatic nitrogens is 4. The van der Waals surface area contributed by atoms with Crippen LogP contribution in [0.25, 0.3) is 16.6 Å². The Morgan fingerprint density at radius 2 is 2.00 bits per heavy atom. The third-order valence-corrected chi connectivity index (χ3v) is 5.08. The van der Waals surface area contributed by atoms with E-state index in [9.17, 15) is 23.6 Å². The summed E-state index contributed by atoms with van der Waals surface area (Å²) in [4.78, 5) is 29.6. The number of nitrogens with zero attached hydrogens (tertiary/aromatic N) is 5. The summed E-state index contributed by atoms with van der Waals surface area (Å²) in [5, 5.41) is 20.5. The SMILES string of the molecule is Cc1c(C(=O)C(C#N)C(=O)NCc2ccc(F)cc2F)nnn1-c1ccc2ncccc2c1. The van der Waals surface area contributed by atoms with Crippen LogP contribution in [-0.4, -0.2) is 31.7 Å². The molecule has 2 aromatic carbocycles. The average molecular weight is 446 g/mol. The fourth-order valence-electron chi connectivity index (χ4n) is 3.32. The summed E-state index contributed by atoms with van der Waals surface area (Å²) in [5.74, 6) is -5.07. The number of fused-ring (bicyclic) bond motifs is 1. The van der Waals surface area contributed by atoms with Crippen LogP contribution in [0.4, 0.5) is 8.78 Å². The van der Waals surface area contributed by atoms with Gasteiger partial charge in [0.15, 0.2) is 11.6 Å². The summed E-state index contributed by atoms with van der Waals surface area (Å²) in [6.07, 6.45) is 1.68. The van der Waals surface area contributed by atoms with E-state index < -0.39 is 29.2 Å². The molecule has 0 bridgehead atoms. The maximum atomic E-state index is 13.8. The first-order chi connectivity index (χ1) is 15.9. The topological polar surface area (TPSA) is 114 Å². The third kappa shape index (κ3) is 4.29. The molecule has 164 valence electrons. The number of pyridine rings is 1. The van der Waals surface area contributed by atoms with E-state index in [4.69, 9.17) is 0 Å². The van der Waals surface area contributed by atoms with Crippen molar-refractivity contribution in [2.75, 3.05) is 0 Å². The highest BCUT2D eigenvalue weighted by Crippen LogP contribution is 2.20. The molecule has 1 amide bonds. The lowest BCUT2D eigenvalue weighted by Gasteiger charge is -2.10. The van der Waals surface area contributed by atoms with Crippen molar-refractivity contribution >= 4 is 22.6 Å². The Kier molecular flexibility index (Phi) is 5.87. The van der Waals surface area contributed by atoms with Gasteiger partial charge in [0.1, 0.15) is 11.6 Å². The summed E-state index contributed by atoms with van der Waals surface area (Å²) >= 11 is 0. The Labute approximate surface area is 186 Å². The maximum absolute atomic E-state index is 13.8. The van der Waals surface area contributed by atoms with Gasteiger partial charge < -0.3 is 5.32 Å². The molecule has 1 unspecified atom stereocenters. The van der Waals surface area contributed by atoms with E-state index in [0.29, 0.717) is 17.4 Å². The number of hydrogen-bond donors (Lipinski definition) is 1. The van der Waals surface area contributed by atoms with E-state index in [0.717, 1.165) is 17.0 Å². The Morgan fingerprint density at radius 3 is 2.76 bits per heavy atom. The van der Waals surface area contributed by atoms with Crippen LogP contribution in [0, 0.1) is 35.8 Å². The molecule has 4 rings (SSSR count). The number of halogens is 2. The zero-order valence-electron chi connectivity index (χ0n) is 17.3. The van der Waals surface area contributed by atoms with Gasteiger partial charge in [-0.2, -0.15) is 5.26 Å². The Hall–Kier alpha value is -4.52. The maximum Gasteiger partial charge on any atom is 0.245 e. The van der Waals surface area contributed by atoms with Gasteiger partial charge in [-0.1, -0.05) is 17.3 Å². The van der Waals surface area contributed by atoms with E-state index in [2.05, 4.69) is 20.6 Å². The van der Waals surface area contributed by atoms with Crippen molar-refractivity contribution in [1.29, 1.82) is 5.26 Å². The van der Waals surface area contributed by atoms with Crippen molar-refractivity contribution in [2.45, 2.75) is 13.5 Å². The van der Waals surface area contributed by atoms with Crippen LogP contribution in [0.3, 0.4) is 0 Å². The van der Waals surface area contributed by atoms with E-state index in [1.54, 1.807) is 37.4 Å². The Morgan fingerprint density at radius 1 is 1.18 bits per heavy atom. The van der Waals surface area contributed by atoms with Gasteiger partial charge in [-0.15, -0.1) is 5.10 Å². The van der Waals surface area contributed by atoms with E-state index in [1.807, 2.05) is 12.1 Å². The molecule has 1 atom stereocenters. The summed E-state index contributed by atoms with van der Waals surface area (Å²) in [7, 11) is 0. The lowest BCUT2D eigenvalue weighted by atomic mass is 10.0. The number of carbonyl (C=O) groups excluding carboxylic acids is 2. The van der Waals surface area contributed by atoms with Gasteiger partial charge in [0.2, 0.25) is 11.7 Å². The van der Waals surface area contributed by atoms with Crippen molar-refractivity contribution in [3.8, 4) is 11.8 Å². The molecule has 0 spiro atoms. The summed E-state index contributed by atoms with van der Waals surface area (Å²) < 4.78 is 28.2. The van der Waals surface area contributed by atoms with Crippen molar-refractivity contribution in [1.82, 2.24) is 25.3 Å². The zero-order valence-corrected chi connectivity index (χ0v) is 17.3. The van der Waals surface area contributed by atoms with Crippen LogP contribution in [0.2, 0.25) is 0 Å². The van der Waals surface area contributed by atoms with Gasteiger partial charge in [0.05, 0.1) is 23.0 Å². The molecule has 33 heavy (non-hydrogen) atoms. The van der Waals surface area contributed by atoms with Crippen molar-refractivity contribution in [3.63, 3.8) is 0 Å². The van der Waals surface area contributed by atoms with Crippen LogP contribution in [0.5, 0.6) is 0 Å². The highest BCUT2D eigenvalue weighted by atomic mass is 19.1. The average Bonchev–Trinajstić information content (AvgIpc) is 3.19. The predicted molar refractivity (Wildman–Crippen MR) is 113 cm³/mol. The normalized spacial score (nSPS) is 11.7. The molecule has 4 aromatic rings. The summed E-state index contributed by atoms with van der Waals surface area (Å²) in [5.41, 5.74) is 1.65. The summed E-state index contributed by atoms with van der Waals surface area (Å²) in [6, 6.07) is 13.6. The quantitative estimate of drug-likeness (QED) is 0.360. The van der Waals surface area contributed by atoms with Gasteiger partial charge in [0, 0.05) is 29.8 Å². The van der Waals surface area contributed by atoms with Crippen LogP contribution in [0.15, 0.2) is 54.7 Å². The van der Waals surface area contributed by atoms with Crippen molar-refractivity contribution < 1.29 is 18.4 Å². The van der Waals surface area contributed by atoms with Gasteiger partial charge in [-0.05, 0) is 37.3 Å². The van der Waals surface area contributed by atoms with Gasteiger partial charge in [-0.3, -0.25) is 14.6 Å². The van der Waals surface area contributed by atoms with Crippen LogP contribution in [-0.2, 0) is 11.3 Å². The second-order valence-corrected chi connectivity index (χ2v) is 7.20. The van der Waals surface area contributed by atoms with E-state index in [-0.39, 0.29) is 17.8 Å². The van der Waals surface area contributed by atoms with Crippen LogP contribution in [0.1, 0.15) is 21.7 Å². The van der Waals surface area contributed by atoms with Gasteiger partial charge in [-0.25, -0.2) is 13.5 Å². The highest BCUT2D eigenvalue weighted by molar-refractivity contribution is 6.11. The largest absolute Gasteiger partial charge is 0.350 e. The van der Waals surface area contributed by atoms with Crippen LogP contribution < -0.4 is 5.32 Å². The number of nitrogens with one attached hydrogen (secondary N) is 1. The lowest BCUT2D eigenvalue weighted by Crippen LogP contribution is -2.35. The molecule has 8 nitrogen and oxygen atoms in total. The number of nitriles is 1. The van der Waals surface area contributed by atoms with E-state index >= 15 is 0 Å². The molecule has 0 aliphatic heterocycles. The number of Topliss-reactive ketones (excluding diaryl/α,β-unsaturated/α-hetero) is 1. The number of hydrogen-bond acceptors (Lipinski definition) is 6. The van der Waals surface area contributed by atoms with Gasteiger partial charge >= 0.3 is 0 Å². The molecule has 0 aliphatic carbocycles. The molecule has 0 aliphatic rings. The first kappa shape index (κ1) is 21.7. The van der Waals surface area contributed by atoms with Crippen molar-refractivity contribution in [3.05, 3.63) is 83.3 Å². The zero-order chi connectivity index (χ0) is 23.5. The van der Waals surface area contributed by atoms with Gasteiger partial charge in [0.25, 0.3) is 0 Å². The monoisotopic (exact) mass is 446 g/mol. The molecule has 10 heteroatoms. The lowest BCUT2D eigenvalue weighted by molar-refractivity contribution is -0.122. The second-order valence-electron chi connectivity index (χ2n) is 7.20. The van der Waals surface area contributed by atoms with Crippen LogP contribution >= 0.6 is 0 Å². The third-order valence-electron chi connectivity index (χ3n) is 5.08. The number of benzene rings is 2. The molecular weight excluding hydrogens is 430 g/mol. The molecule has 2 heterocycles. The standard InChI is InChI=1S/C23H16F2N6O2/c1-13-21(29-30-31(13)17-6-7-20-14(9-17)3-2-8-27-20)22(32)18(11-26)23(33)28-12-15-4-5-16(24)10-19(15)25/h2-10,18H,12H2,1H3,(H,28,33). The fraction of sp³-hybridized carbons (Fsp3) is 0.130. The van der Waals surface area contributed by atoms with E-state index in [1.165, 1.54) is 10.7 Å². The highest BCUT2D eigenvalue weighted by Gasteiger charge is 2.31. The minimum atomic E-state index is -1.71. The molecular formula is C23H16F2N6O2. The van der Waals surface area contributed by atoms with Crippen molar-refractivity contribution in [2.24, 2.45) is 5.92 Å². The predicted octanol–water partition coefficient (Wildman–Crippen LogP) is 3.04. The first-order valence-electron chi connectivity index (χ1n) is 9.82. The summed E-state index contributed by atoms with van der Waals surface area (Å²) in [6.45, 7) is 1.29. The second kappa shape index (κ2) is 8.92. The molecule has 0 fully saturated rings. The molecule has 0 radical (unpaired) electrons. The smallest absolute Gasteiger partial charge is 0.245 e. The molecule has 0 saturated carbocycles. The molecule has 0 saturated heterocycles. The number of rotatable bonds is 6. The molecule has 2 aromatic heterocycles. The fourth-order valence-corrected chi connectivity index (χ4v) is 3.32. The number of ketones is 1. The molecule has 1 N–H and O–H groups in total. The number of amides is 1. The minimum absolute atomic E-state index is 0.0156. The first-order valence-corrected chi connectivity index (χ1v) is 9.82. The number of carbonyl (C=O) groups is 2.